The number of nitrogens with two attached hydrogens (primary N) is 1. The summed E-state index contributed by atoms with van der Waals surface area (Å²) < 4.78 is 0. The summed E-state index contributed by atoms with van der Waals surface area (Å²) in [6.45, 7) is 3.82. The third-order valence-corrected chi connectivity index (χ3v) is 6.36. The maximum atomic E-state index is 13.0. The summed E-state index contributed by atoms with van der Waals surface area (Å²) in [6, 6.07) is 11.7. The Morgan fingerprint density at radius 2 is 1.81 bits per heavy atom. The molecule has 31 heavy (non-hydrogen) atoms. The van der Waals surface area contributed by atoms with Crippen LogP contribution >= 0.6 is 11.6 Å². The highest BCUT2D eigenvalue weighted by molar-refractivity contribution is 6.32. The normalized spacial score (nSPS) is 19.0. The molecule has 4 N–H and O–H groups in total. The van der Waals surface area contributed by atoms with E-state index < -0.39 is 0 Å². The molecule has 1 saturated carbocycles. The van der Waals surface area contributed by atoms with E-state index in [2.05, 4.69) is 10.3 Å². The summed E-state index contributed by atoms with van der Waals surface area (Å²) in [5, 5.41) is 14.6. The van der Waals surface area contributed by atoms with E-state index >= 15 is 0 Å². The fourth-order valence-electron chi connectivity index (χ4n) is 4.18. The van der Waals surface area contributed by atoms with Crippen molar-refractivity contribution in [2.75, 3.05) is 5.32 Å². The molecule has 0 saturated heterocycles. The molecule has 0 atom stereocenters. The van der Waals surface area contributed by atoms with Crippen molar-refractivity contribution in [2.45, 2.75) is 51.6 Å². The Hall–Kier alpha value is -2.63. The number of carbonyl (C=O) groups is 1. The first-order valence-electron chi connectivity index (χ1n) is 10.8. The number of fused-ring (bicyclic) bond motifs is 1. The lowest BCUT2D eigenvalue weighted by Crippen LogP contribution is -2.33. The summed E-state index contributed by atoms with van der Waals surface area (Å²) in [6.07, 6.45) is 5.61. The van der Waals surface area contributed by atoms with Gasteiger partial charge in [0, 0.05) is 29.6 Å². The van der Waals surface area contributed by atoms with Crippen molar-refractivity contribution < 1.29 is 9.90 Å². The van der Waals surface area contributed by atoms with Crippen molar-refractivity contribution in [2.24, 2.45) is 11.7 Å². The van der Waals surface area contributed by atoms with Gasteiger partial charge in [-0.2, -0.15) is 0 Å². The van der Waals surface area contributed by atoms with E-state index in [1.165, 1.54) is 0 Å². The molecule has 0 spiro atoms. The number of phenolic OH excluding ortho intramolecular Hbond substituents is 1. The Morgan fingerprint density at radius 1 is 1.13 bits per heavy atom. The summed E-state index contributed by atoms with van der Waals surface area (Å²) >= 11 is 6.13. The highest BCUT2D eigenvalue weighted by Gasteiger charge is 2.23. The highest BCUT2D eigenvalue weighted by atomic mass is 35.5. The van der Waals surface area contributed by atoms with Gasteiger partial charge in [0.05, 0.1) is 21.8 Å². The van der Waals surface area contributed by atoms with Gasteiger partial charge in [-0.1, -0.05) is 37.6 Å². The van der Waals surface area contributed by atoms with Crippen LogP contribution in [0.4, 0.5) is 5.69 Å². The average molecular weight is 438 g/mol. The van der Waals surface area contributed by atoms with Crippen molar-refractivity contribution in [1.29, 1.82) is 0 Å². The quantitative estimate of drug-likeness (QED) is 0.440. The third kappa shape index (κ3) is 4.53. The van der Waals surface area contributed by atoms with E-state index in [0.29, 0.717) is 10.6 Å². The van der Waals surface area contributed by atoms with E-state index in [0.717, 1.165) is 53.4 Å². The monoisotopic (exact) mass is 437 g/mol. The minimum atomic E-state index is -0.126. The Morgan fingerprint density at radius 3 is 2.48 bits per heavy atom. The van der Waals surface area contributed by atoms with Gasteiger partial charge in [-0.05, 0) is 61.1 Å². The Kier molecular flexibility index (Phi) is 6.17. The number of Topliss-reactive ketones (excluding diaryl/α,β-unsaturated/α-hetero) is 1. The first kappa shape index (κ1) is 21.6. The second-order valence-corrected chi connectivity index (χ2v) is 9.13. The summed E-state index contributed by atoms with van der Waals surface area (Å²) in [5.74, 6) is -0.00305. The Bertz CT molecular complexity index is 1120. The average Bonchev–Trinajstić information content (AvgIpc) is 2.76. The molecule has 1 fully saturated rings. The zero-order chi connectivity index (χ0) is 22.1. The number of nitrogens with zero attached hydrogens (tertiary/aromatic N) is 1. The molecular formula is C25H28ClN3O2. The zero-order valence-corrected chi connectivity index (χ0v) is 18.6. The van der Waals surface area contributed by atoms with Crippen LogP contribution in [0.3, 0.4) is 0 Å². The molecule has 0 aliphatic heterocycles. The van der Waals surface area contributed by atoms with E-state index in [9.17, 15) is 9.90 Å². The van der Waals surface area contributed by atoms with Crippen LogP contribution < -0.4 is 11.1 Å². The van der Waals surface area contributed by atoms with E-state index in [-0.39, 0.29) is 29.5 Å². The number of nitrogens with one attached hydrogen (secondary N) is 1. The number of phenols is 1. The molecular weight excluding hydrogens is 410 g/mol. The fourth-order valence-corrected chi connectivity index (χ4v) is 4.36. The van der Waals surface area contributed by atoms with E-state index in [1.54, 1.807) is 18.3 Å². The molecule has 5 nitrogen and oxygen atoms in total. The molecule has 0 bridgehead atoms. The molecule has 0 amide bonds. The number of aromatic hydroxyl groups is 1. The number of anilines is 1. The number of hydrogen-bond donors (Lipinski definition) is 3. The number of carbonyl (C=O) groups excluding carboxylic acids is 1. The molecule has 2 aromatic carbocycles. The SMILES string of the molecule is CC(C)C(=O)c1cnc2ccc(-c3ccc(O)c(Cl)c3)cc2c1NC1CCC(N)CC1. The molecule has 1 aromatic heterocycles. The second kappa shape index (κ2) is 8.85. The number of pyridine rings is 1. The molecule has 1 aliphatic carbocycles. The van der Waals surface area contributed by atoms with Crippen LogP contribution in [0.15, 0.2) is 42.6 Å². The molecule has 6 heteroatoms. The Labute approximate surface area is 187 Å². The van der Waals surface area contributed by atoms with Crippen molar-refractivity contribution in [1.82, 2.24) is 4.98 Å². The minimum absolute atomic E-state index is 0.0514. The molecule has 3 aromatic rings. The lowest BCUT2D eigenvalue weighted by Gasteiger charge is -2.29. The van der Waals surface area contributed by atoms with Gasteiger partial charge in [0.2, 0.25) is 0 Å². The van der Waals surface area contributed by atoms with Crippen molar-refractivity contribution in [3.05, 3.63) is 53.2 Å². The Balaban J connectivity index is 1.83. The van der Waals surface area contributed by atoms with Crippen LogP contribution in [0, 0.1) is 5.92 Å². The van der Waals surface area contributed by atoms with Crippen molar-refractivity contribution in [3.63, 3.8) is 0 Å². The van der Waals surface area contributed by atoms with Crippen LogP contribution in [0.2, 0.25) is 5.02 Å². The largest absolute Gasteiger partial charge is 0.506 e. The number of halogens is 1. The van der Waals surface area contributed by atoms with Gasteiger partial charge in [0.15, 0.2) is 5.78 Å². The molecule has 0 unspecified atom stereocenters. The number of aromatic nitrogens is 1. The maximum Gasteiger partial charge on any atom is 0.169 e. The van der Waals surface area contributed by atoms with Gasteiger partial charge in [-0.25, -0.2) is 0 Å². The number of benzene rings is 2. The van der Waals surface area contributed by atoms with Crippen LogP contribution in [0.1, 0.15) is 49.9 Å². The predicted molar refractivity (Wildman–Crippen MR) is 127 cm³/mol. The molecule has 0 radical (unpaired) electrons. The highest BCUT2D eigenvalue weighted by Crippen LogP contribution is 2.35. The summed E-state index contributed by atoms with van der Waals surface area (Å²) in [7, 11) is 0. The first-order valence-corrected chi connectivity index (χ1v) is 11.2. The first-order chi connectivity index (χ1) is 14.8. The van der Waals surface area contributed by atoms with Gasteiger partial charge in [0.1, 0.15) is 5.75 Å². The van der Waals surface area contributed by atoms with Gasteiger partial charge in [-0.3, -0.25) is 9.78 Å². The molecule has 1 aliphatic rings. The molecule has 162 valence electrons. The third-order valence-electron chi connectivity index (χ3n) is 6.06. The lowest BCUT2D eigenvalue weighted by atomic mass is 9.90. The topological polar surface area (TPSA) is 88.2 Å². The maximum absolute atomic E-state index is 13.0. The smallest absolute Gasteiger partial charge is 0.169 e. The zero-order valence-electron chi connectivity index (χ0n) is 17.9. The molecule has 1 heterocycles. The number of hydrogen-bond acceptors (Lipinski definition) is 5. The van der Waals surface area contributed by atoms with Crippen molar-refractivity contribution in [3.8, 4) is 16.9 Å². The van der Waals surface area contributed by atoms with Gasteiger partial charge in [0.25, 0.3) is 0 Å². The molecule has 4 rings (SSSR count). The summed E-state index contributed by atoms with van der Waals surface area (Å²) in [5.41, 5.74) is 10.2. The van der Waals surface area contributed by atoms with Crippen LogP contribution in [-0.2, 0) is 0 Å². The number of rotatable bonds is 5. The summed E-state index contributed by atoms with van der Waals surface area (Å²) in [4.78, 5) is 17.6. The van der Waals surface area contributed by atoms with Crippen LogP contribution in [0.5, 0.6) is 5.75 Å². The lowest BCUT2D eigenvalue weighted by molar-refractivity contribution is 0.0940. The van der Waals surface area contributed by atoms with E-state index in [4.69, 9.17) is 17.3 Å². The van der Waals surface area contributed by atoms with Gasteiger partial charge < -0.3 is 16.2 Å². The predicted octanol–water partition coefficient (Wildman–Crippen LogP) is 5.78. The van der Waals surface area contributed by atoms with Gasteiger partial charge >= 0.3 is 0 Å². The van der Waals surface area contributed by atoms with Gasteiger partial charge in [-0.15, -0.1) is 0 Å². The second-order valence-electron chi connectivity index (χ2n) is 8.72. The fraction of sp³-hybridized carbons (Fsp3) is 0.360. The van der Waals surface area contributed by atoms with Crippen LogP contribution in [0.25, 0.3) is 22.0 Å². The number of ketones is 1. The van der Waals surface area contributed by atoms with E-state index in [1.807, 2.05) is 38.1 Å². The van der Waals surface area contributed by atoms with Crippen molar-refractivity contribution >= 4 is 34.0 Å². The van der Waals surface area contributed by atoms with Crippen LogP contribution in [-0.4, -0.2) is 28.0 Å². The standard InChI is InChI=1S/C25H28ClN3O2/c1-14(2)25(31)20-13-28-22-9-3-15(16-4-10-23(30)21(26)12-16)11-19(22)24(20)29-18-7-5-17(27)6-8-18/h3-4,9-14,17-18,30H,5-8,27H2,1-2H3,(H,28,29). The minimum Gasteiger partial charge on any atom is -0.506 e.